The second kappa shape index (κ2) is 7.56. The highest BCUT2D eigenvalue weighted by molar-refractivity contribution is 6.32. The van der Waals surface area contributed by atoms with Crippen LogP contribution in [0.3, 0.4) is 0 Å². The van der Waals surface area contributed by atoms with Crippen molar-refractivity contribution in [3.8, 4) is 0 Å². The smallest absolute Gasteiger partial charge is 0.205 e. The summed E-state index contributed by atoms with van der Waals surface area (Å²) in [7, 11) is 1.90. The van der Waals surface area contributed by atoms with Crippen molar-refractivity contribution in [2.75, 3.05) is 7.05 Å². The van der Waals surface area contributed by atoms with Gasteiger partial charge < -0.3 is 15.0 Å². The summed E-state index contributed by atoms with van der Waals surface area (Å²) in [4.78, 5) is 21.6. The van der Waals surface area contributed by atoms with Gasteiger partial charge in [0.2, 0.25) is 11.7 Å². The topological polar surface area (TPSA) is 66.5 Å². The number of rotatable bonds is 5. The Kier molecular flexibility index (Phi) is 4.88. The molecule has 1 saturated carbocycles. The van der Waals surface area contributed by atoms with Crippen molar-refractivity contribution in [1.29, 1.82) is 0 Å². The van der Waals surface area contributed by atoms with Crippen LogP contribution in [-0.4, -0.2) is 35.9 Å². The number of halogens is 1. The summed E-state index contributed by atoms with van der Waals surface area (Å²) in [5.41, 5.74) is 2.12. The molecular weight excluding hydrogens is 398 g/mol. The predicted octanol–water partition coefficient (Wildman–Crippen LogP) is 4.40. The number of fused-ring (bicyclic) bond motifs is 3. The fourth-order valence-electron chi connectivity index (χ4n) is 4.77. The molecule has 0 radical (unpaired) electrons. The van der Waals surface area contributed by atoms with Crippen molar-refractivity contribution in [1.82, 2.24) is 10.3 Å². The SMILES string of the molecule is CNC(Cc1c[nH]c2ccccc12)C1=N[C@@]2(c3ccccc3Cl)CCC[C@@H](O1)C2=O. The van der Waals surface area contributed by atoms with Crippen molar-refractivity contribution in [2.24, 2.45) is 4.99 Å². The van der Waals surface area contributed by atoms with Gasteiger partial charge >= 0.3 is 0 Å². The molecule has 5 nitrogen and oxygen atoms in total. The number of para-hydroxylation sites is 1. The lowest BCUT2D eigenvalue weighted by Crippen LogP contribution is -2.54. The molecule has 2 aromatic carbocycles. The molecule has 2 heterocycles. The van der Waals surface area contributed by atoms with E-state index < -0.39 is 11.6 Å². The van der Waals surface area contributed by atoms with Gasteiger partial charge in [-0.25, -0.2) is 4.99 Å². The molecule has 1 aliphatic heterocycles. The number of H-pyrrole nitrogens is 1. The van der Waals surface area contributed by atoms with Gasteiger partial charge in [0.1, 0.15) is 0 Å². The van der Waals surface area contributed by atoms with E-state index in [4.69, 9.17) is 21.3 Å². The Bertz CT molecular complexity index is 1140. The number of likely N-dealkylation sites (N-methyl/N-ethyl adjacent to an activating group) is 1. The van der Waals surface area contributed by atoms with Gasteiger partial charge in [0.15, 0.2) is 11.6 Å². The molecule has 0 spiro atoms. The number of nitrogens with one attached hydrogen (secondary N) is 2. The van der Waals surface area contributed by atoms with Crippen molar-refractivity contribution in [3.05, 3.63) is 70.9 Å². The first-order chi connectivity index (χ1) is 14.6. The number of hydrogen-bond donors (Lipinski definition) is 2. The molecule has 0 amide bonds. The number of nitrogens with zero attached hydrogens (tertiary/aromatic N) is 1. The standard InChI is InChI=1S/C24H24ClN3O2/c1-26-20(13-15-14-27-19-10-5-2-7-16(15)19)23-28-24(17-8-3-4-9-18(17)25)12-6-11-21(30-23)22(24)29/h2-5,7-10,14,20-21,26-27H,6,11-13H2,1H3/t20?,21-,24-/m1/s1. The van der Waals surface area contributed by atoms with Crippen LogP contribution < -0.4 is 5.32 Å². The fourth-order valence-corrected chi connectivity index (χ4v) is 5.06. The number of aromatic nitrogens is 1. The van der Waals surface area contributed by atoms with E-state index >= 15 is 0 Å². The Morgan fingerprint density at radius 2 is 2.07 bits per heavy atom. The summed E-state index contributed by atoms with van der Waals surface area (Å²) in [6, 6.07) is 15.6. The van der Waals surface area contributed by atoms with Crippen LogP contribution in [0.4, 0.5) is 0 Å². The molecule has 1 unspecified atom stereocenters. The number of benzene rings is 2. The minimum atomic E-state index is -0.954. The number of aromatic amines is 1. The lowest BCUT2D eigenvalue weighted by Gasteiger charge is -2.42. The highest BCUT2D eigenvalue weighted by Crippen LogP contribution is 2.44. The molecule has 30 heavy (non-hydrogen) atoms. The zero-order valence-electron chi connectivity index (χ0n) is 16.8. The van der Waals surface area contributed by atoms with E-state index in [0.29, 0.717) is 30.2 Å². The van der Waals surface area contributed by atoms with Gasteiger partial charge in [0.25, 0.3) is 0 Å². The molecule has 1 aliphatic carbocycles. The Hall–Kier alpha value is -2.63. The van der Waals surface area contributed by atoms with Crippen LogP contribution in [-0.2, 0) is 21.5 Å². The minimum absolute atomic E-state index is 0.0209. The summed E-state index contributed by atoms with van der Waals surface area (Å²) in [6.07, 6.45) is 4.52. The number of hydrogen-bond acceptors (Lipinski definition) is 4. The van der Waals surface area contributed by atoms with Crippen LogP contribution in [0, 0.1) is 0 Å². The summed E-state index contributed by atoms with van der Waals surface area (Å²) < 4.78 is 6.15. The highest BCUT2D eigenvalue weighted by atomic mass is 35.5. The van der Waals surface area contributed by atoms with Crippen LogP contribution in [0.1, 0.15) is 30.4 Å². The maximum Gasteiger partial charge on any atom is 0.205 e. The molecule has 2 aliphatic rings. The van der Waals surface area contributed by atoms with E-state index in [1.165, 1.54) is 10.9 Å². The van der Waals surface area contributed by atoms with Gasteiger partial charge in [-0.1, -0.05) is 48.0 Å². The van der Waals surface area contributed by atoms with Crippen LogP contribution in [0.2, 0.25) is 5.02 Å². The van der Waals surface area contributed by atoms with Gasteiger partial charge in [0, 0.05) is 27.7 Å². The van der Waals surface area contributed by atoms with E-state index in [0.717, 1.165) is 17.5 Å². The molecule has 2 bridgehead atoms. The fraction of sp³-hybridized carbons (Fsp3) is 0.333. The minimum Gasteiger partial charge on any atom is -0.468 e. The van der Waals surface area contributed by atoms with E-state index in [2.05, 4.69) is 22.4 Å². The zero-order valence-corrected chi connectivity index (χ0v) is 17.6. The first-order valence-corrected chi connectivity index (χ1v) is 10.8. The molecule has 6 heteroatoms. The normalized spacial score (nSPS) is 24.4. The van der Waals surface area contributed by atoms with Crippen molar-refractivity contribution >= 4 is 34.2 Å². The average Bonchev–Trinajstić information content (AvgIpc) is 3.16. The molecule has 0 saturated heterocycles. The number of Topliss-reactive ketones (excluding diaryl/α,β-unsaturated/α-hetero) is 1. The maximum atomic E-state index is 13.3. The monoisotopic (exact) mass is 421 g/mol. The van der Waals surface area contributed by atoms with Crippen molar-refractivity contribution in [3.63, 3.8) is 0 Å². The Morgan fingerprint density at radius 3 is 2.90 bits per heavy atom. The van der Waals surface area contributed by atoms with Crippen LogP contribution >= 0.6 is 11.6 Å². The third kappa shape index (κ3) is 3.04. The number of ether oxygens (including phenoxy) is 1. The van der Waals surface area contributed by atoms with Gasteiger partial charge in [-0.15, -0.1) is 0 Å². The summed E-state index contributed by atoms with van der Waals surface area (Å²) >= 11 is 6.52. The lowest BCUT2D eigenvalue weighted by molar-refractivity contribution is -0.137. The molecule has 1 fully saturated rings. The maximum absolute atomic E-state index is 13.3. The van der Waals surface area contributed by atoms with Crippen molar-refractivity contribution in [2.45, 2.75) is 43.4 Å². The highest BCUT2D eigenvalue weighted by Gasteiger charge is 2.52. The average molecular weight is 422 g/mol. The molecule has 3 aromatic rings. The van der Waals surface area contributed by atoms with E-state index in [9.17, 15) is 4.79 Å². The molecular formula is C24H24ClN3O2. The van der Waals surface area contributed by atoms with E-state index in [1.54, 1.807) is 0 Å². The van der Waals surface area contributed by atoms with E-state index in [-0.39, 0.29) is 11.8 Å². The third-order valence-electron chi connectivity index (χ3n) is 6.33. The molecule has 3 atom stereocenters. The molecule has 2 N–H and O–H groups in total. The first-order valence-electron chi connectivity index (χ1n) is 10.4. The summed E-state index contributed by atoms with van der Waals surface area (Å²) in [5.74, 6) is 0.611. The molecule has 1 aromatic heterocycles. The number of carbonyl (C=O) groups excluding carboxylic acids is 1. The van der Waals surface area contributed by atoms with Gasteiger partial charge in [-0.2, -0.15) is 0 Å². The van der Waals surface area contributed by atoms with Crippen LogP contribution in [0.25, 0.3) is 10.9 Å². The molecule has 154 valence electrons. The second-order valence-electron chi connectivity index (χ2n) is 8.06. The van der Waals surface area contributed by atoms with Gasteiger partial charge in [-0.05, 0) is 50.4 Å². The van der Waals surface area contributed by atoms with E-state index in [1.807, 2.05) is 49.6 Å². The zero-order chi connectivity index (χ0) is 20.7. The third-order valence-corrected chi connectivity index (χ3v) is 6.66. The van der Waals surface area contributed by atoms with Crippen LogP contribution in [0.15, 0.2) is 59.7 Å². The Labute approximate surface area is 180 Å². The summed E-state index contributed by atoms with van der Waals surface area (Å²) in [5, 5.41) is 5.11. The number of ketones is 1. The van der Waals surface area contributed by atoms with Gasteiger partial charge in [-0.3, -0.25) is 4.79 Å². The Balaban J connectivity index is 1.56. The number of carbonyl (C=O) groups is 1. The van der Waals surface area contributed by atoms with Crippen LogP contribution in [0.5, 0.6) is 0 Å². The van der Waals surface area contributed by atoms with Gasteiger partial charge in [0.05, 0.1) is 6.04 Å². The first kappa shape index (κ1) is 19.3. The quantitative estimate of drug-likeness (QED) is 0.641. The lowest BCUT2D eigenvalue weighted by atomic mass is 9.73. The Morgan fingerprint density at radius 1 is 1.27 bits per heavy atom. The molecule has 5 rings (SSSR count). The number of aliphatic imine (C=N–C) groups is 1. The second-order valence-corrected chi connectivity index (χ2v) is 8.47. The van der Waals surface area contributed by atoms with Crippen molar-refractivity contribution < 1.29 is 9.53 Å². The largest absolute Gasteiger partial charge is 0.468 e. The summed E-state index contributed by atoms with van der Waals surface area (Å²) in [6.45, 7) is 0. The predicted molar refractivity (Wildman–Crippen MR) is 119 cm³/mol.